The maximum absolute atomic E-state index is 12.1. The molecule has 0 radical (unpaired) electrons. The lowest BCUT2D eigenvalue weighted by Gasteiger charge is -2.06. The van der Waals surface area contributed by atoms with Crippen LogP contribution in [0.1, 0.15) is 6.42 Å². The molecule has 1 aromatic carbocycles. The van der Waals surface area contributed by atoms with Crippen LogP contribution in [0.4, 0.5) is 18.9 Å². The molecule has 0 N–H and O–H groups in total. The third-order valence-electron chi connectivity index (χ3n) is 2.45. The number of aromatic nitrogens is 2. The smallest absolute Gasteiger partial charge is 0.264 e. The van der Waals surface area contributed by atoms with Gasteiger partial charge in [-0.2, -0.15) is 18.3 Å². The molecular weight excluding hydrogens is 251 g/mol. The molecule has 18 heavy (non-hydrogen) atoms. The summed E-state index contributed by atoms with van der Waals surface area (Å²) < 4.78 is 37.4. The van der Waals surface area contributed by atoms with Gasteiger partial charge in [0.25, 0.3) is 5.69 Å². The second kappa shape index (κ2) is 4.28. The summed E-state index contributed by atoms with van der Waals surface area (Å²) in [6, 6.07) is 3.97. The number of nitro benzene ring substituents is 1. The molecule has 2 rings (SSSR count). The Hall–Kier alpha value is -2.12. The van der Waals surface area contributed by atoms with Crippen LogP contribution in [0.5, 0.6) is 0 Å². The zero-order valence-electron chi connectivity index (χ0n) is 9.02. The average molecular weight is 259 g/mol. The van der Waals surface area contributed by atoms with Gasteiger partial charge in [0.1, 0.15) is 0 Å². The van der Waals surface area contributed by atoms with Crippen molar-refractivity contribution in [3.05, 3.63) is 34.5 Å². The van der Waals surface area contributed by atoms with Gasteiger partial charge in [-0.25, -0.2) is 0 Å². The van der Waals surface area contributed by atoms with Crippen LogP contribution < -0.4 is 0 Å². The molecule has 0 aliphatic carbocycles. The highest BCUT2D eigenvalue weighted by atomic mass is 19.4. The number of nitro groups is 1. The third-order valence-corrected chi connectivity index (χ3v) is 2.45. The van der Waals surface area contributed by atoms with E-state index in [1.165, 1.54) is 24.4 Å². The fourth-order valence-electron chi connectivity index (χ4n) is 1.58. The van der Waals surface area contributed by atoms with Crippen LogP contribution in [0, 0.1) is 10.1 Å². The van der Waals surface area contributed by atoms with E-state index < -0.39 is 17.5 Å². The molecule has 8 heteroatoms. The van der Waals surface area contributed by atoms with E-state index in [4.69, 9.17) is 0 Å². The molecular formula is C10H8F3N3O2. The lowest BCUT2D eigenvalue weighted by atomic mass is 10.2. The van der Waals surface area contributed by atoms with Gasteiger partial charge in [-0.05, 0) is 6.07 Å². The number of hydrogen-bond acceptors (Lipinski definition) is 3. The molecule has 5 nitrogen and oxygen atoms in total. The molecule has 96 valence electrons. The summed E-state index contributed by atoms with van der Waals surface area (Å²) in [6.45, 7) is -0.353. The Kier molecular flexibility index (Phi) is 2.93. The molecule has 0 saturated carbocycles. The van der Waals surface area contributed by atoms with E-state index in [0.29, 0.717) is 10.9 Å². The number of halogens is 3. The topological polar surface area (TPSA) is 61.0 Å². The summed E-state index contributed by atoms with van der Waals surface area (Å²) in [6.07, 6.45) is -3.92. The number of alkyl halides is 3. The molecule has 2 aromatic rings. The Bertz CT molecular complexity index is 592. The summed E-state index contributed by atoms with van der Waals surface area (Å²) >= 11 is 0. The highest BCUT2D eigenvalue weighted by Gasteiger charge is 2.27. The fraction of sp³-hybridized carbons (Fsp3) is 0.300. The first-order valence-electron chi connectivity index (χ1n) is 5.03. The van der Waals surface area contributed by atoms with Crippen molar-refractivity contribution in [3.63, 3.8) is 0 Å². The number of fused-ring (bicyclic) bond motifs is 1. The summed E-state index contributed by atoms with van der Waals surface area (Å²) in [4.78, 5) is 9.99. The van der Waals surface area contributed by atoms with Crippen molar-refractivity contribution in [3.8, 4) is 0 Å². The van der Waals surface area contributed by atoms with Crippen LogP contribution in [0.25, 0.3) is 10.9 Å². The number of hydrogen-bond donors (Lipinski definition) is 0. The van der Waals surface area contributed by atoms with Gasteiger partial charge in [0, 0.05) is 17.5 Å². The molecule has 0 bridgehead atoms. The highest BCUT2D eigenvalue weighted by molar-refractivity contribution is 5.80. The van der Waals surface area contributed by atoms with Crippen LogP contribution in [0.2, 0.25) is 0 Å². The summed E-state index contributed by atoms with van der Waals surface area (Å²) in [7, 11) is 0. The summed E-state index contributed by atoms with van der Waals surface area (Å²) in [5.74, 6) is 0. The first-order valence-corrected chi connectivity index (χ1v) is 5.03. The van der Waals surface area contributed by atoms with Crippen LogP contribution >= 0.6 is 0 Å². The Labute approximate surface area is 99.0 Å². The first-order chi connectivity index (χ1) is 8.37. The van der Waals surface area contributed by atoms with E-state index in [2.05, 4.69) is 5.10 Å². The molecule has 0 aliphatic rings. The monoisotopic (exact) mass is 259 g/mol. The number of nitrogens with zero attached hydrogens (tertiary/aromatic N) is 3. The standard InChI is InChI=1S/C10H8F3N3O2/c11-10(12,13)3-4-15-9-5-8(16(17)18)2-1-7(9)6-14-15/h1-2,5-6H,3-4H2. The maximum atomic E-state index is 12.1. The van der Waals surface area contributed by atoms with E-state index in [0.717, 1.165) is 4.68 Å². The van der Waals surface area contributed by atoms with Crippen molar-refractivity contribution in [2.45, 2.75) is 19.1 Å². The van der Waals surface area contributed by atoms with Gasteiger partial charge in [-0.3, -0.25) is 14.8 Å². The zero-order valence-corrected chi connectivity index (χ0v) is 9.02. The van der Waals surface area contributed by atoms with Crippen molar-refractivity contribution in [2.24, 2.45) is 0 Å². The number of rotatable bonds is 3. The molecule has 0 amide bonds. The van der Waals surface area contributed by atoms with Gasteiger partial charge < -0.3 is 0 Å². The van der Waals surface area contributed by atoms with E-state index in [9.17, 15) is 23.3 Å². The van der Waals surface area contributed by atoms with E-state index >= 15 is 0 Å². The molecule has 0 atom stereocenters. The van der Waals surface area contributed by atoms with Crippen molar-refractivity contribution in [1.82, 2.24) is 9.78 Å². The van der Waals surface area contributed by atoms with Crippen LogP contribution in [-0.2, 0) is 6.54 Å². The zero-order chi connectivity index (χ0) is 13.3. The van der Waals surface area contributed by atoms with E-state index in [1.54, 1.807) is 0 Å². The number of benzene rings is 1. The van der Waals surface area contributed by atoms with Crippen LogP contribution in [-0.4, -0.2) is 20.9 Å². The predicted octanol–water partition coefficient (Wildman–Crippen LogP) is 2.90. The second-order valence-electron chi connectivity index (χ2n) is 3.73. The molecule has 0 saturated heterocycles. The van der Waals surface area contributed by atoms with Crippen molar-refractivity contribution >= 4 is 16.6 Å². The second-order valence-corrected chi connectivity index (χ2v) is 3.73. The summed E-state index contributed by atoms with van der Waals surface area (Å²) in [5, 5.41) is 15.0. The van der Waals surface area contributed by atoms with Crippen LogP contribution in [0.15, 0.2) is 24.4 Å². The van der Waals surface area contributed by atoms with Gasteiger partial charge in [0.2, 0.25) is 0 Å². The minimum Gasteiger partial charge on any atom is -0.264 e. The highest BCUT2D eigenvalue weighted by Crippen LogP contribution is 2.24. The molecule has 1 aromatic heterocycles. The van der Waals surface area contributed by atoms with Gasteiger partial charge in [0.05, 0.1) is 29.6 Å². The van der Waals surface area contributed by atoms with Crippen molar-refractivity contribution in [2.75, 3.05) is 0 Å². The van der Waals surface area contributed by atoms with E-state index in [-0.39, 0.29) is 12.2 Å². The number of non-ortho nitro benzene ring substituents is 1. The quantitative estimate of drug-likeness (QED) is 0.629. The minimum atomic E-state index is -4.28. The van der Waals surface area contributed by atoms with Crippen LogP contribution in [0.3, 0.4) is 0 Å². The predicted molar refractivity (Wildman–Crippen MR) is 57.1 cm³/mol. The Morgan fingerprint density at radius 2 is 2.11 bits per heavy atom. The van der Waals surface area contributed by atoms with Gasteiger partial charge >= 0.3 is 6.18 Å². The molecule has 0 fully saturated rings. The molecule has 1 heterocycles. The number of aryl methyl sites for hydroxylation is 1. The van der Waals surface area contributed by atoms with Gasteiger partial charge in [-0.1, -0.05) is 0 Å². The Morgan fingerprint density at radius 1 is 1.39 bits per heavy atom. The Morgan fingerprint density at radius 3 is 2.72 bits per heavy atom. The lowest BCUT2D eigenvalue weighted by Crippen LogP contribution is -2.12. The minimum absolute atomic E-state index is 0.170. The molecule has 0 aliphatic heterocycles. The SMILES string of the molecule is O=[N+]([O-])c1ccc2cnn(CCC(F)(F)F)c2c1. The molecule has 0 spiro atoms. The maximum Gasteiger partial charge on any atom is 0.390 e. The van der Waals surface area contributed by atoms with E-state index in [1.807, 2.05) is 0 Å². The third kappa shape index (κ3) is 2.58. The Balaban J connectivity index is 2.33. The molecule has 0 unspecified atom stereocenters. The summed E-state index contributed by atoms with van der Waals surface area (Å²) in [5.41, 5.74) is 0.157. The van der Waals surface area contributed by atoms with Gasteiger partial charge in [-0.15, -0.1) is 0 Å². The van der Waals surface area contributed by atoms with Gasteiger partial charge in [0.15, 0.2) is 0 Å². The normalized spacial score (nSPS) is 11.9. The van der Waals surface area contributed by atoms with Crippen molar-refractivity contribution in [1.29, 1.82) is 0 Å². The van der Waals surface area contributed by atoms with Crippen molar-refractivity contribution < 1.29 is 18.1 Å². The largest absolute Gasteiger partial charge is 0.390 e. The fourth-order valence-corrected chi connectivity index (χ4v) is 1.58. The average Bonchev–Trinajstić information content (AvgIpc) is 2.67. The first kappa shape index (κ1) is 12.3. The lowest BCUT2D eigenvalue weighted by molar-refractivity contribution is -0.384.